The first-order chi connectivity index (χ1) is 10.2. The topological polar surface area (TPSA) is 54.4 Å². The normalized spacial score (nSPS) is 37.0. The summed E-state index contributed by atoms with van der Waals surface area (Å²) in [6.45, 7) is 0. The molecule has 4 saturated carbocycles. The molecule has 1 aromatic heterocycles. The van der Waals surface area contributed by atoms with E-state index in [0.717, 1.165) is 42.6 Å². The van der Waals surface area contributed by atoms with Crippen LogP contribution in [0.4, 0.5) is 0 Å². The number of hydrogen-bond donors (Lipinski definition) is 1. The zero-order valence-electron chi connectivity index (χ0n) is 12.2. The van der Waals surface area contributed by atoms with Gasteiger partial charge in [-0.1, -0.05) is 0 Å². The quantitative estimate of drug-likeness (QED) is 0.685. The Labute approximate surface area is 125 Å². The molecule has 4 aliphatic carbocycles. The highest BCUT2D eigenvalue weighted by molar-refractivity contribution is 5.85. The summed E-state index contributed by atoms with van der Waals surface area (Å²) in [5.41, 5.74) is 3.63. The van der Waals surface area contributed by atoms with Crippen molar-refractivity contribution < 1.29 is 4.79 Å². The van der Waals surface area contributed by atoms with Crippen molar-refractivity contribution in [1.82, 2.24) is 10.4 Å². The molecule has 0 aliphatic heterocycles. The molecule has 4 bridgehead atoms. The summed E-state index contributed by atoms with van der Waals surface area (Å²) < 4.78 is 0. The minimum atomic E-state index is -0.121. The standard InChI is InChI=1S/C17H21N3O/c21-16(20-19-11-12-1-3-18-4-2-12)17-8-13-5-14(9-17)7-15(6-13)10-17/h1-4,11,13-15H,5-10H2,(H,20,21)/b19-11-. The maximum absolute atomic E-state index is 12.6. The van der Waals surface area contributed by atoms with Crippen LogP contribution in [0.3, 0.4) is 0 Å². The molecule has 21 heavy (non-hydrogen) atoms. The largest absolute Gasteiger partial charge is 0.273 e. The zero-order chi connectivity index (χ0) is 14.3. The molecule has 0 atom stereocenters. The van der Waals surface area contributed by atoms with Crippen LogP contribution >= 0.6 is 0 Å². The van der Waals surface area contributed by atoms with Crippen molar-refractivity contribution in [3.05, 3.63) is 30.1 Å². The third kappa shape index (κ3) is 2.37. The van der Waals surface area contributed by atoms with Gasteiger partial charge in [-0.2, -0.15) is 5.10 Å². The highest BCUT2D eigenvalue weighted by atomic mass is 16.2. The SMILES string of the molecule is O=C(N/N=C\c1ccncc1)C12CC3CC(CC(C3)C1)C2. The highest BCUT2D eigenvalue weighted by Gasteiger charge is 2.54. The van der Waals surface area contributed by atoms with Gasteiger partial charge in [-0.15, -0.1) is 0 Å². The fourth-order valence-corrected chi connectivity index (χ4v) is 5.12. The first-order valence-electron chi connectivity index (χ1n) is 7.97. The summed E-state index contributed by atoms with van der Waals surface area (Å²) in [5.74, 6) is 2.50. The first-order valence-corrected chi connectivity index (χ1v) is 7.97. The number of aromatic nitrogens is 1. The van der Waals surface area contributed by atoms with E-state index in [1.807, 2.05) is 12.1 Å². The minimum absolute atomic E-state index is 0.121. The molecule has 4 nitrogen and oxygen atoms in total. The summed E-state index contributed by atoms with van der Waals surface area (Å²) in [6, 6.07) is 3.75. The Morgan fingerprint density at radius 1 is 1.14 bits per heavy atom. The monoisotopic (exact) mass is 283 g/mol. The van der Waals surface area contributed by atoms with Gasteiger partial charge in [0.15, 0.2) is 0 Å². The van der Waals surface area contributed by atoms with E-state index >= 15 is 0 Å². The highest BCUT2D eigenvalue weighted by Crippen LogP contribution is 2.60. The van der Waals surface area contributed by atoms with Crippen LogP contribution in [-0.4, -0.2) is 17.1 Å². The maximum Gasteiger partial charge on any atom is 0.246 e. The predicted molar refractivity (Wildman–Crippen MR) is 80.6 cm³/mol. The van der Waals surface area contributed by atoms with Crippen LogP contribution in [0.25, 0.3) is 0 Å². The molecule has 1 amide bonds. The van der Waals surface area contributed by atoms with E-state index in [1.165, 1.54) is 19.3 Å². The molecular formula is C17H21N3O. The van der Waals surface area contributed by atoms with Gasteiger partial charge in [0.2, 0.25) is 5.91 Å². The van der Waals surface area contributed by atoms with Gasteiger partial charge >= 0.3 is 0 Å². The predicted octanol–water partition coefficient (Wildman–Crippen LogP) is 2.75. The lowest BCUT2D eigenvalue weighted by Gasteiger charge is -2.55. The van der Waals surface area contributed by atoms with E-state index in [-0.39, 0.29) is 11.3 Å². The molecule has 0 aromatic carbocycles. The number of hydrazone groups is 1. The van der Waals surface area contributed by atoms with Crippen LogP contribution in [0.2, 0.25) is 0 Å². The van der Waals surface area contributed by atoms with E-state index in [0.29, 0.717) is 0 Å². The zero-order valence-corrected chi connectivity index (χ0v) is 12.2. The lowest BCUT2D eigenvalue weighted by atomic mass is 9.49. The van der Waals surface area contributed by atoms with E-state index in [4.69, 9.17) is 0 Å². The van der Waals surface area contributed by atoms with Crippen molar-refractivity contribution >= 4 is 12.1 Å². The average molecular weight is 283 g/mol. The molecule has 1 N–H and O–H groups in total. The second-order valence-corrected chi connectivity index (χ2v) is 7.18. The van der Waals surface area contributed by atoms with Crippen molar-refractivity contribution in [2.45, 2.75) is 38.5 Å². The Morgan fingerprint density at radius 3 is 2.29 bits per heavy atom. The van der Waals surface area contributed by atoms with Gasteiger partial charge in [0, 0.05) is 12.4 Å². The van der Waals surface area contributed by atoms with Crippen LogP contribution < -0.4 is 5.43 Å². The lowest BCUT2D eigenvalue weighted by molar-refractivity contribution is -0.146. The molecule has 0 radical (unpaired) electrons. The second kappa shape index (κ2) is 4.93. The molecule has 4 heteroatoms. The summed E-state index contributed by atoms with van der Waals surface area (Å²) in [7, 11) is 0. The second-order valence-electron chi connectivity index (χ2n) is 7.18. The van der Waals surface area contributed by atoms with Crippen molar-refractivity contribution in [1.29, 1.82) is 0 Å². The third-order valence-corrected chi connectivity index (χ3v) is 5.61. The molecular weight excluding hydrogens is 262 g/mol. The number of nitrogens with zero attached hydrogens (tertiary/aromatic N) is 2. The molecule has 1 heterocycles. The van der Waals surface area contributed by atoms with Gasteiger partial charge in [-0.3, -0.25) is 9.78 Å². The number of rotatable bonds is 3. The summed E-state index contributed by atoms with van der Waals surface area (Å²) >= 11 is 0. The molecule has 0 saturated heterocycles. The van der Waals surface area contributed by atoms with Crippen molar-refractivity contribution in [2.75, 3.05) is 0 Å². The molecule has 110 valence electrons. The summed E-state index contributed by atoms with van der Waals surface area (Å²) in [5, 5.41) is 4.15. The Hall–Kier alpha value is -1.71. The van der Waals surface area contributed by atoms with Crippen molar-refractivity contribution in [3.8, 4) is 0 Å². The van der Waals surface area contributed by atoms with Crippen molar-refractivity contribution in [2.24, 2.45) is 28.3 Å². The van der Waals surface area contributed by atoms with Gasteiger partial charge in [-0.05, 0) is 74.0 Å². The van der Waals surface area contributed by atoms with E-state index in [1.54, 1.807) is 18.6 Å². The van der Waals surface area contributed by atoms with Crippen LogP contribution in [0.1, 0.15) is 44.1 Å². The lowest BCUT2D eigenvalue weighted by Crippen LogP contribution is -2.52. The van der Waals surface area contributed by atoms with Crippen LogP contribution in [0.15, 0.2) is 29.6 Å². The molecule has 1 aromatic rings. The maximum atomic E-state index is 12.6. The molecule has 4 fully saturated rings. The number of amides is 1. The van der Waals surface area contributed by atoms with E-state index in [2.05, 4.69) is 15.5 Å². The number of carbonyl (C=O) groups is 1. The number of pyridine rings is 1. The Kier molecular flexibility index (Phi) is 3.05. The minimum Gasteiger partial charge on any atom is -0.273 e. The molecule has 5 rings (SSSR count). The van der Waals surface area contributed by atoms with Gasteiger partial charge < -0.3 is 0 Å². The number of nitrogens with one attached hydrogen (secondary N) is 1. The third-order valence-electron chi connectivity index (χ3n) is 5.61. The van der Waals surface area contributed by atoms with Crippen LogP contribution in [0.5, 0.6) is 0 Å². The Bertz CT molecular complexity index is 531. The molecule has 0 spiro atoms. The van der Waals surface area contributed by atoms with Crippen LogP contribution in [0, 0.1) is 23.2 Å². The number of carbonyl (C=O) groups excluding carboxylic acids is 1. The van der Waals surface area contributed by atoms with Crippen molar-refractivity contribution in [3.63, 3.8) is 0 Å². The fourth-order valence-electron chi connectivity index (χ4n) is 5.12. The van der Waals surface area contributed by atoms with E-state index in [9.17, 15) is 4.79 Å². The van der Waals surface area contributed by atoms with E-state index < -0.39 is 0 Å². The van der Waals surface area contributed by atoms with Gasteiger partial charge in [0.05, 0.1) is 11.6 Å². The summed E-state index contributed by atoms with van der Waals surface area (Å²) in [6.07, 6.45) is 12.4. The molecule has 0 unspecified atom stereocenters. The fraction of sp³-hybridized carbons (Fsp3) is 0.588. The smallest absolute Gasteiger partial charge is 0.246 e. The number of hydrogen-bond acceptors (Lipinski definition) is 3. The first kappa shape index (κ1) is 13.0. The van der Waals surface area contributed by atoms with Crippen LogP contribution in [-0.2, 0) is 4.79 Å². The molecule has 4 aliphatic rings. The average Bonchev–Trinajstić information content (AvgIpc) is 2.47. The Balaban J connectivity index is 1.44. The van der Waals surface area contributed by atoms with Gasteiger partial charge in [-0.25, -0.2) is 5.43 Å². The Morgan fingerprint density at radius 2 is 1.71 bits per heavy atom. The van der Waals surface area contributed by atoms with Gasteiger partial charge in [0.25, 0.3) is 0 Å². The van der Waals surface area contributed by atoms with Gasteiger partial charge in [0.1, 0.15) is 0 Å². The summed E-state index contributed by atoms with van der Waals surface area (Å²) in [4.78, 5) is 16.6.